The molecule has 2 heterocycles. The van der Waals surface area contributed by atoms with Crippen LogP contribution in [0, 0.1) is 10.1 Å². The molecule has 0 aliphatic carbocycles. The Morgan fingerprint density at radius 3 is 2.75 bits per heavy atom. The quantitative estimate of drug-likeness (QED) is 0.491. The van der Waals surface area contributed by atoms with Crippen molar-refractivity contribution in [2.45, 2.75) is 5.33 Å². The highest BCUT2D eigenvalue weighted by atomic mass is 79.9. The zero-order chi connectivity index (χ0) is 11.5. The largest absolute Gasteiger partial charge is 0.287 e. The van der Waals surface area contributed by atoms with Crippen LogP contribution in [0.15, 0.2) is 30.7 Å². The number of alkyl halides is 1. The van der Waals surface area contributed by atoms with Crippen LogP contribution in [0.25, 0.3) is 5.82 Å². The van der Waals surface area contributed by atoms with Gasteiger partial charge >= 0.3 is 0 Å². The lowest BCUT2D eigenvalue weighted by Gasteiger charge is -1.98. The van der Waals surface area contributed by atoms with E-state index in [0.717, 1.165) is 5.56 Å². The SMILES string of the molecule is O=[N+]([O-])c1ccc(-n2cc(CBr)cn2)nc1. The second-order valence-corrected chi connectivity index (χ2v) is 3.62. The van der Waals surface area contributed by atoms with Gasteiger partial charge in [-0.1, -0.05) is 15.9 Å². The Bertz CT molecular complexity index is 508. The minimum absolute atomic E-state index is 0.0309. The Kier molecular flexibility index (Phi) is 2.95. The zero-order valence-corrected chi connectivity index (χ0v) is 9.66. The third-order valence-electron chi connectivity index (χ3n) is 1.97. The van der Waals surface area contributed by atoms with E-state index in [2.05, 4.69) is 26.0 Å². The molecule has 0 aromatic carbocycles. The predicted octanol–water partition coefficient (Wildman–Crippen LogP) is 2.07. The highest BCUT2D eigenvalue weighted by molar-refractivity contribution is 9.08. The van der Waals surface area contributed by atoms with Crippen LogP contribution in [0.1, 0.15) is 5.56 Å². The van der Waals surface area contributed by atoms with Crippen molar-refractivity contribution >= 4 is 21.6 Å². The Morgan fingerprint density at radius 1 is 1.44 bits per heavy atom. The van der Waals surface area contributed by atoms with E-state index in [0.29, 0.717) is 11.1 Å². The van der Waals surface area contributed by atoms with Gasteiger partial charge in [0.15, 0.2) is 5.82 Å². The molecular weight excluding hydrogens is 276 g/mol. The van der Waals surface area contributed by atoms with Crippen molar-refractivity contribution in [3.63, 3.8) is 0 Å². The van der Waals surface area contributed by atoms with Crippen LogP contribution in [0.3, 0.4) is 0 Å². The molecular formula is C9H7BrN4O2. The lowest BCUT2D eigenvalue weighted by atomic mass is 10.4. The molecule has 82 valence electrons. The van der Waals surface area contributed by atoms with Crippen molar-refractivity contribution in [2.24, 2.45) is 0 Å². The summed E-state index contributed by atoms with van der Waals surface area (Å²) < 4.78 is 1.57. The van der Waals surface area contributed by atoms with Crippen LogP contribution in [-0.2, 0) is 5.33 Å². The van der Waals surface area contributed by atoms with Gasteiger partial charge in [0.25, 0.3) is 5.69 Å². The molecule has 2 rings (SSSR count). The first-order valence-electron chi connectivity index (χ1n) is 4.41. The van der Waals surface area contributed by atoms with Crippen molar-refractivity contribution in [1.29, 1.82) is 0 Å². The molecule has 0 unspecified atom stereocenters. The maximum Gasteiger partial charge on any atom is 0.287 e. The summed E-state index contributed by atoms with van der Waals surface area (Å²) >= 11 is 3.31. The average Bonchev–Trinajstić information content (AvgIpc) is 2.77. The number of hydrogen-bond donors (Lipinski definition) is 0. The fourth-order valence-corrected chi connectivity index (χ4v) is 1.47. The van der Waals surface area contributed by atoms with E-state index in [4.69, 9.17) is 0 Å². The van der Waals surface area contributed by atoms with Gasteiger partial charge < -0.3 is 0 Å². The van der Waals surface area contributed by atoms with Gasteiger partial charge in [0, 0.05) is 23.2 Å². The molecule has 0 saturated heterocycles. The minimum atomic E-state index is -0.482. The molecule has 7 heteroatoms. The molecule has 0 aliphatic heterocycles. The van der Waals surface area contributed by atoms with Crippen LogP contribution in [0.4, 0.5) is 5.69 Å². The lowest BCUT2D eigenvalue weighted by molar-refractivity contribution is -0.385. The first kappa shape index (κ1) is 10.7. The van der Waals surface area contributed by atoms with Crippen molar-refractivity contribution in [3.05, 3.63) is 46.4 Å². The van der Waals surface area contributed by atoms with Crippen molar-refractivity contribution in [3.8, 4) is 5.82 Å². The van der Waals surface area contributed by atoms with Gasteiger partial charge in [0.05, 0.1) is 11.1 Å². The highest BCUT2D eigenvalue weighted by Gasteiger charge is 2.06. The Balaban J connectivity index is 2.30. The predicted molar refractivity (Wildman–Crippen MR) is 60.6 cm³/mol. The van der Waals surface area contributed by atoms with E-state index < -0.39 is 4.92 Å². The molecule has 6 nitrogen and oxygen atoms in total. The number of pyridine rings is 1. The topological polar surface area (TPSA) is 73.8 Å². The van der Waals surface area contributed by atoms with Crippen LogP contribution < -0.4 is 0 Å². The van der Waals surface area contributed by atoms with E-state index >= 15 is 0 Å². The Labute approximate surface area is 99.2 Å². The monoisotopic (exact) mass is 282 g/mol. The average molecular weight is 283 g/mol. The number of aromatic nitrogens is 3. The maximum atomic E-state index is 10.4. The highest BCUT2D eigenvalue weighted by Crippen LogP contribution is 2.12. The summed E-state index contributed by atoms with van der Waals surface area (Å²) in [5.74, 6) is 0.554. The van der Waals surface area contributed by atoms with Crippen molar-refractivity contribution in [1.82, 2.24) is 14.8 Å². The number of nitro groups is 1. The summed E-state index contributed by atoms with van der Waals surface area (Å²) in [6.45, 7) is 0. The summed E-state index contributed by atoms with van der Waals surface area (Å²) in [4.78, 5) is 13.9. The number of nitrogens with zero attached hydrogens (tertiary/aromatic N) is 4. The molecule has 0 atom stereocenters. The molecule has 16 heavy (non-hydrogen) atoms. The van der Waals surface area contributed by atoms with Crippen LogP contribution in [-0.4, -0.2) is 19.7 Å². The van der Waals surface area contributed by atoms with Gasteiger partial charge in [-0.3, -0.25) is 10.1 Å². The molecule has 0 saturated carbocycles. The molecule has 0 N–H and O–H groups in total. The molecule has 0 aliphatic rings. The third-order valence-corrected chi connectivity index (χ3v) is 2.62. The molecule has 0 radical (unpaired) electrons. The Hall–Kier alpha value is -1.76. The molecule has 0 bridgehead atoms. The second-order valence-electron chi connectivity index (χ2n) is 3.06. The number of hydrogen-bond acceptors (Lipinski definition) is 4. The summed E-state index contributed by atoms with van der Waals surface area (Å²) in [6, 6.07) is 2.96. The summed E-state index contributed by atoms with van der Waals surface area (Å²) in [6.07, 6.45) is 4.73. The first-order valence-corrected chi connectivity index (χ1v) is 5.53. The molecule has 0 spiro atoms. The normalized spacial score (nSPS) is 10.3. The van der Waals surface area contributed by atoms with E-state index in [1.807, 2.05) is 6.20 Å². The van der Waals surface area contributed by atoms with Gasteiger partial charge in [0.2, 0.25) is 0 Å². The van der Waals surface area contributed by atoms with Crippen molar-refractivity contribution < 1.29 is 4.92 Å². The van der Waals surface area contributed by atoms with Crippen LogP contribution >= 0.6 is 15.9 Å². The summed E-state index contributed by atoms with van der Waals surface area (Å²) in [5.41, 5.74) is 0.983. The maximum absolute atomic E-state index is 10.4. The molecule has 2 aromatic heterocycles. The summed E-state index contributed by atoms with van der Waals surface area (Å²) in [5, 5.41) is 15.2. The number of halogens is 1. The lowest BCUT2D eigenvalue weighted by Crippen LogP contribution is -1.98. The smallest absolute Gasteiger partial charge is 0.258 e. The van der Waals surface area contributed by atoms with E-state index in [-0.39, 0.29) is 5.69 Å². The van der Waals surface area contributed by atoms with Crippen LogP contribution in [0.5, 0.6) is 0 Å². The second kappa shape index (κ2) is 4.40. The fourth-order valence-electron chi connectivity index (χ4n) is 1.18. The summed E-state index contributed by atoms with van der Waals surface area (Å²) in [7, 11) is 0. The molecule has 0 amide bonds. The zero-order valence-electron chi connectivity index (χ0n) is 8.08. The number of rotatable bonds is 3. The van der Waals surface area contributed by atoms with Gasteiger partial charge in [0.1, 0.15) is 6.20 Å². The van der Waals surface area contributed by atoms with Gasteiger partial charge in [-0.05, 0) is 6.07 Å². The van der Waals surface area contributed by atoms with E-state index in [1.54, 1.807) is 16.9 Å². The first-order chi connectivity index (χ1) is 7.70. The fraction of sp³-hybridized carbons (Fsp3) is 0.111. The molecule has 2 aromatic rings. The van der Waals surface area contributed by atoms with E-state index in [9.17, 15) is 10.1 Å². The standard InChI is InChI=1S/C9H7BrN4O2/c10-3-7-4-12-13(6-7)9-2-1-8(5-11-9)14(15)16/h1-2,4-6H,3H2. The third kappa shape index (κ3) is 2.08. The van der Waals surface area contributed by atoms with E-state index in [1.165, 1.54) is 12.3 Å². The van der Waals surface area contributed by atoms with Gasteiger partial charge in [-0.2, -0.15) is 5.10 Å². The van der Waals surface area contributed by atoms with Gasteiger partial charge in [-0.15, -0.1) is 0 Å². The Morgan fingerprint density at radius 2 is 2.25 bits per heavy atom. The molecule has 0 fully saturated rings. The van der Waals surface area contributed by atoms with Crippen molar-refractivity contribution in [2.75, 3.05) is 0 Å². The van der Waals surface area contributed by atoms with Gasteiger partial charge in [-0.25, -0.2) is 9.67 Å². The minimum Gasteiger partial charge on any atom is -0.258 e. The van der Waals surface area contributed by atoms with Crippen LogP contribution in [0.2, 0.25) is 0 Å².